The normalized spacial score (nSPS) is 32.1. The lowest BCUT2D eigenvalue weighted by molar-refractivity contribution is -0.140. The Bertz CT molecular complexity index is 705. The van der Waals surface area contributed by atoms with Gasteiger partial charge in [0.25, 0.3) is 5.92 Å². The Morgan fingerprint density at radius 3 is 2.43 bits per heavy atom. The minimum atomic E-state index is -2.78. The first-order valence-corrected chi connectivity index (χ1v) is 10.4. The van der Waals surface area contributed by atoms with Gasteiger partial charge < -0.3 is 9.80 Å². The molecule has 2 saturated carbocycles. The molecule has 4 aliphatic rings. The molecule has 6 nitrogen and oxygen atoms in total. The van der Waals surface area contributed by atoms with Crippen LogP contribution in [0.15, 0.2) is 0 Å². The fourth-order valence-corrected chi connectivity index (χ4v) is 5.52. The third kappa shape index (κ3) is 2.82. The summed E-state index contributed by atoms with van der Waals surface area (Å²) in [5.74, 6) is -3.86. The molecule has 0 aromatic rings. The van der Waals surface area contributed by atoms with Crippen LogP contribution < -0.4 is 0 Å². The van der Waals surface area contributed by atoms with E-state index in [1.165, 1.54) is 4.90 Å². The lowest BCUT2D eigenvalue weighted by Gasteiger charge is -2.40. The lowest BCUT2D eigenvalue weighted by Crippen LogP contribution is -2.57. The Hall–Kier alpha value is -1.73. The number of hydrogen-bond donors (Lipinski definition) is 0. The molecule has 2 aliphatic heterocycles. The van der Waals surface area contributed by atoms with Crippen LogP contribution in [-0.4, -0.2) is 71.2 Å². The summed E-state index contributed by atoms with van der Waals surface area (Å²) < 4.78 is 28.5. The molecule has 0 N–H and O–H groups in total. The van der Waals surface area contributed by atoms with E-state index in [2.05, 4.69) is 0 Å². The van der Waals surface area contributed by atoms with Crippen molar-refractivity contribution in [3.05, 3.63) is 0 Å². The van der Waals surface area contributed by atoms with Crippen molar-refractivity contribution in [2.24, 2.45) is 16.7 Å². The van der Waals surface area contributed by atoms with Crippen molar-refractivity contribution in [3.8, 4) is 0 Å². The maximum Gasteiger partial charge on any atom is 0.326 e. The van der Waals surface area contributed by atoms with E-state index in [-0.39, 0.29) is 37.9 Å². The van der Waals surface area contributed by atoms with E-state index in [1.54, 1.807) is 0 Å². The fourth-order valence-electron chi connectivity index (χ4n) is 5.52. The van der Waals surface area contributed by atoms with Crippen LogP contribution in [0.4, 0.5) is 13.6 Å². The molecule has 2 atom stereocenters. The number of imide groups is 1. The number of urea groups is 1. The molecule has 28 heavy (non-hydrogen) atoms. The van der Waals surface area contributed by atoms with E-state index in [1.807, 2.05) is 18.7 Å². The summed E-state index contributed by atoms with van der Waals surface area (Å²) in [6, 6.07) is -0.527. The lowest BCUT2D eigenvalue weighted by atomic mass is 9.90. The molecule has 0 spiro atoms. The third-order valence-electron chi connectivity index (χ3n) is 7.20. The fraction of sp³-hybridized carbons (Fsp3) is 0.850. The highest BCUT2D eigenvalue weighted by molar-refractivity contribution is 5.97. The minimum absolute atomic E-state index is 0.00410. The SMILES string of the molecule is CC(C)(CN1CCC(=O)N(CC23CCCC2C3(F)F)C1=O)C(=O)N1CCCC1. The Balaban J connectivity index is 1.45. The van der Waals surface area contributed by atoms with Crippen LogP contribution in [-0.2, 0) is 9.59 Å². The molecule has 0 radical (unpaired) electrons. The smallest absolute Gasteiger partial charge is 0.326 e. The summed E-state index contributed by atoms with van der Waals surface area (Å²) in [6.45, 7) is 5.32. The topological polar surface area (TPSA) is 60.9 Å². The maximum absolute atomic E-state index is 14.2. The van der Waals surface area contributed by atoms with E-state index in [0.29, 0.717) is 12.8 Å². The molecule has 4 amide bonds. The van der Waals surface area contributed by atoms with Crippen LogP contribution in [0, 0.1) is 16.7 Å². The molecule has 2 saturated heterocycles. The van der Waals surface area contributed by atoms with Gasteiger partial charge in [0.2, 0.25) is 11.8 Å². The van der Waals surface area contributed by atoms with Gasteiger partial charge in [-0.05, 0) is 39.5 Å². The molecule has 8 heteroatoms. The van der Waals surface area contributed by atoms with Crippen molar-refractivity contribution in [2.45, 2.75) is 58.3 Å². The van der Waals surface area contributed by atoms with Crippen molar-refractivity contribution in [1.29, 1.82) is 0 Å². The minimum Gasteiger partial charge on any atom is -0.342 e. The van der Waals surface area contributed by atoms with Crippen molar-refractivity contribution in [2.75, 3.05) is 32.7 Å². The Labute approximate surface area is 164 Å². The zero-order valence-electron chi connectivity index (χ0n) is 16.7. The molecule has 4 fully saturated rings. The number of carbonyl (C=O) groups is 3. The number of alkyl halides is 2. The van der Waals surface area contributed by atoms with Gasteiger partial charge in [-0.3, -0.25) is 14.5 Å². The van der Waals surface area contributed by atoms with Crippen LogP contribution in [0.2, 0.25) is 0 Å². The summed E-state index contributed by atoms with van der Waals surface area (Å²) >= 11 is 0. The molecule has 2 heterocycles. The molecule has 2 unspecified atom stereocenters. The zero-order valence-corrected chi connectivity index (χ0v) is 16.7. The van der Waals surface area contributed by atoms with Gasteiger partial charge in [0, 0.05) is 45.1 Å². The quantitative estimate of drug-likeness (QED) is 0.717. The van der Waals surface area contributed by atoms with Gasteiger partial charge in [-0.1, -0.05) is 6.42 Å². The van der Waals surface area contributed by atoms with Crippen molar-refractivity contribution in [3.63, 3.8) is 0 Å². The number of amides is 4. The molecule has 0 aromatic heterocycles. The van der Waals surface area contributed by atoms with Crippen molar-refractivity contribution in [1.82, 2.24) is 14.7 Å². The van der Waals surface area contributed by atoms with Crippen molar-refractivity contribution < 1.29 is 23.2 Å². The van der Waals surface area contributed by atoms with Gasteiger partial charge in [0.1, 0.15) is 0 Å². The number of fused-ring (bicyclic) bond motifs is 1. The average molecular weight is 397 g/mol. The molecule has 2 aliphatic carbocycles. The molecular formula is C20H29F2N3O3. The van der Waals surface area contributed by atoms with Crippen molar-refractivity contribution >= 4 is 17.8 Å². The second-order valence-electron chi connectivity index (χ2n) is 9.54. The summed E-state index contributed by atoms with van der Waals surface area (Å²) in [5, 5.41) is 0. The number of likely N-dealkylation sites (tertiary alicyclic amines) is 1. The Morgan fingerprint density at radius 2 is 1.82 bits per heavy atom. The molecule has 0 aromatic carbocycles. The number of hydrogen-bond acceptors (Lipinski definition) is 3. The summed E-state index contributed by atoms with van der Waals surface area (Å²) in [7, 11) is 0. The maximum atomic E-state index is 14.2. The van der Waals surface area contributed by atoms with E-state index < -0.39 is 28.7 Å². The molecule has 156 valence electrons. The first-order chi connectivity index (χ1) is 13.1. The van der Waals surface area contributed by atoms with Crippen LogP contribution in [0.3, 0.4) is 0 Å². The van der Waals surface area contributed by atoms with Gasteiger partial charge in [-0.2, -0.15) is 0 Å². The first-order valence-electron chi connectivity index (χ1n) is 10.4. The van der Waals surface area contributed by atoms with E-state index in [0.717, 1.165) is 37.3 Å². The van der Waals surface area contributed by atoms with Crippen LogP contribution in [0.25, 0.3) is 0 Å². The second-order valence-corrected chi connectivity index (χ2v) is 9.54. The largest absolute Gasteiger partial charge is 0.342 e. The van der Waals surface area contributed by atoms with Gasteiger partial charge in [-0.25, -0.2) is 13.6 Å². The predicted octanol–water partition coefficient (Wildman–Crippen LogP) is 2.72. The Kier molecular flexibility index (Phi) is 4.47. The van der Waals surface area contributed by atoms with Crippen LogP contribution >= 0.6 is 0 Å². The van der Waals surface area contributed by atoms with Crippen LogP contribution in [0.1, 0.15) is 52.4 Å². The van der Waals surface area contributed by atoms with Gasteiger partial charge >= 0.3 is 6.03 Å². The number of rotatable bonds is 5. The van der Waals surface area contributed by atoms with Gasteiger partial charge in [0.05, 0.1) is 10.8 Å². The third-order valence-corrected chi connectivity index (χ3v) is 7.20. The molecule has 4 rings (SSSR count). The highest BCUT2D eigenvalue weighted by Gasteiger charge is 2.82. The predicted molar refractivity (Wildman–Crippen MR) is 97.6 cm³/mol. The number of halogens is 2. The van der Waals surface area contributed by atoms with Crippen LogP contribution in [0.5, 0.6) is 0 Å². The summed E-state index contributed by atoms with van der Waals surface area (Å²) in [6.07, 6.45) is 3.64. The summed E-state index contributed by atoms with van der Waals surface area (Å²) in [4.78, 5) is 42.5. The first kappa shape index (κ1) is 19.6. The zero-order chi connectivity index (χ0) is 20.3. The van der Waals surface area contributed by atoms with E-state index in [9.17, 15) is 23.2 Å². The Morgan fingerprint density at radius 1 is 1.14 bits per heavy atom. The number of nitrogens with zero attached hydrogens (tertiary/aromatic N) is 3. The second kappa shape index (κ2) is 6.39. The highest BCUT2D eigenvalue weighted by Crippen LogP contribution is 2.74. The molecule has 0 bridgehead atoms. The number of carbonyl (C=O) groups excluding carboxylic acids is 3. The molecular weight excluding hydrogens is 368 g/mol. The van der Waals surface area contributed by atoms with Gasteiger partial charge in [0.15, 0.2) is 0 Å². The van der Waals surface area contributed by atoms with E-state index in [4.69, 9.17) is 0 Å². The standard InChI is InChI=1S/C20H29F2N3O3/c1-18(2,16(27)23-9-3-4-10-23)12-24-11-7-15(26)25(17(24)28)13-19-8-5-6-14(19)20(19,21)22/h14H,3-13H2,1-2H3. The average Bonchev–Trinajstić information content (AvgIpc) is 3.15. The van der Waals surface area contributed by atoms with Gasteiger partial charge in [-0.15, -0.1) is 0 Å². The summed E-state index contributed by atoms with van der Waals surface area (Å²) in [5.41, 5.74) is -1.99. The highest BCUT2D eigenvalue weighted by atomic mass is 19.3. The monoisotopic (exact) mass is 397 g/mol. The van der Waals surface area contributed by atoms with E-state index >= 15 is 0 Å².